The van der Waals surface area contributed by atoms with Crippen molar-refractivity contribution in [2.45, 2.75) is 52.2 Å². The third-order valence-electron chi connectivity index (χ3n) is 2.75. The predicted molar refractivity (Wildman–Crippen MR) is 53.6 cm³/mol. The summed E-state index contributed by atoms with van der Waals surface area (Å²) in [6.07, 6.45) is 6.04. The van der Waals surface area contributed by atoms with Crippen LogP contribution in [0.4, 0.5) is 0 Å². The van der Waals surface area contributed by atoms with E-state index in [2.05, 4.69) is 13.8 Å². The molecule has 0 aromatic carbocycles. The van der Waals surface area contributed by atoms with Gasteiger partial charge in [0.25, 0.3) is 0 Å². The van der Waals surface area contributed by atoms with Crippen LogP contribution in [-0.2, 0) is 9.47 Å². The molecule has 2 unspecified atom stereocenters. The zero-order valence-electron chi connectivity index (χ0n) is 8.92. The minimum Gasteiger partial charge on any atom is -0.353 e. The largest absolute Gasteiger partial charge is 0.353 e. The minimum atomic E-state index is 0.0952. The van der Waals surface area contributed by atoms with Gasteiger partial charge in [-0.2, -0.15) is 0 Å². The van der Waals surface area contributed by atoms with E-state index in [4.69, 9.17) is 9.47 Å². The number of hydrogen-bond acceptors (Lipinski definition) is 2. The van der Waals surface area contributed by atoms with E-state index in [-0.39, 0.29) is 6.29 Å². The predicted octanol–water partition coefficient (Wildman–Crippen LogP) is 2.97. The number of rotatable bonds is 5. The first-order valence-electron chi connectivity index (χ1n) is 5.56. The van der Waals surface area contributed by atoms with Crippen molar-refractivity contribution in [1.82, 2.24) is 0 Å². The van der Waals surface area contributed by atoms with Gasteiger partial charge in [0.15, 0.2) is 6.29 Å². The molecule has 1 fully saturated rings. The fourth-order valence-corrected chi connectivity index (χ4v) is 1.45. The summed E-state index contributed by atoms with van der Waals surface area (Å²) in [5.74, 6) is 0.781. The third-order valence-corrected chi connectivity index (χ3v) is 2.75. The molecule has 2 atom stereocenters. The van der Waals surface area contributed by atoms with Crippen molar-refractivity contribution >= 4 is 0 Å². The Kier molecular flexibility index (Phi) is 5.40. The first-order valence-corrected chi connectivity index (χ1v) is 5.56. The van der Waals surface area contributed by atoms with E-state index >= 15 is 0 Å². The summed E-state index contributed by atoms with van der Waals surface area (Å²) in [4.78, 5) is 0. The summed E-state index contributed by atoms with van der Waals surface area (Å²) < 4.78 is 11.1. The molecule has 0 aromatic rings. The van der Waals surface area contributed by atoms with Crippen LogP contribution in [0, 0.1) is 5.92 Å². The Balaban J connectivity index is 1.98. The molecule has 2 heteroatoms. The van der Waals surface area contributed by atoms with Gasteiger partial charge in [0.05, 0.1) is 0 Å². The lowest BCUT2D eigenvalue weighted by atomic mass is 10.1. The van der Waals surface area contributed by atoms with E-state index in [1.54, 1.807) is 0 Å². The Bertz CT molecular complexity index is 119. The molecule has 0 radical (unpaired) electrons. The lowest BCUT2D eigenvalue weighted by Gasteiger charge is -2.23. The summed E-state index contributed by atoms with van der Waals surface area (Å²) in [5, 5.41) is 0. The molecular formula is C11H22O2. The molecule has 0 saturated carbocycles. The second-order valence-corrected chi connectivity index (χ2v) is 3.97. The molecule has 78 valence electrons. The van der Waals surface area contributed by atoms with Gasteiger partial charge in [-0.15, -0.1) is 0 Å². The second kappa shape index (κ2) is 6.39. The van der Waals surface area contributed by atoms with Crippen molar-refractivity contribution in [3.05, 3.63) is 0 Å². The fourth-order valence-electron chi connectivity index (χ4n) is 1.45. The van der Waals surface area contributed by atoms with Crippen LogP contribution < -0.4 is 0 Å². The molecule has 13 heavy (non-hydrogen) atoms. The van der Waals surface area contributed by atoms with Gasteiger partial charge in [-0.1, -0.05) is 20.3 Å². The van der Waals surface area contributed by atoms with Crippen molar-refractivity contribution in [3.8, 4) is 0 Å². The molecular weight excluding hydrogens is 164 g/mol. The Morgan fingerprint density at radius 2 is 2.31 bits per heavy atom. The van der Waals surface area contributed by atoms with Crippen LogP contribution in [0.2, 0.25) is 0 Å². The van der Waals surface area contributed by atoms with E-state index in [9.17, 15) is 0 Å². The molecule has 0 spiro atoms. The average Bonchev–Trinajstić information content (AvgIpc) is 2.19. The third kappa shape index (κ3) is 4.63. The van der Waals surface area contributed by atoms with Gasteiger partial charge in [-0.05, 0) is 31.6 Å². The van der Waals surface area contributed by atoms with Crippen molar-refractivity contribution in [3.63, 3.8) is 0 Å². The second-order valence-electron chi connectivity index (χ2n) is 3.97. The van der Waals surface area contributed by atoms with Gasteiger partial charge < -0.3 is 9.47 Å². The van der Waals surface area contributed by atoms with E-state index in [0.29, 0.717) is 0 Å². The zero-order valence-corrected chi connectivity index (χ0v) is 8.92. The van der Waals surface area contributed by atoms with Crippen molar-refractivity contribution in [1.29, 1.82) is 0 Å². The average molecular weight is 186 g/mol. The fraction of sp³-hybridized carbons (Fsp3) is 1.00. The van der Waals surface area contributed by atoms with Gasteiger partial charge in [0, 0.05) is 13.2 Å². The van der Waals surface area contributed by atoms with Gasteiger partial charge in [0.1, 0.15) is 0 Å². The van der Waals surface area contributed by atoms with Crippen LogP contribution >= 0.6 is 0 Å². The summed E-state index contributed by atoms with van der Waals surface area (Å²) in [5.41, 5.74) is 0. The Hall–Kier alpha value is -0.0800. The van der Waals surface area contributed by atoms with Gasteiger partial charge >= 0.3 is 0 Å². The van der Waals surface area contributed by atoms with E-state index in [1.165, 1.54) is 19.3 Å². The molecule has 1 aliphatic heterocycles. The highest BCUT2D eigenvalue weighted by Gasteiger charge is 2.13. The minimum absolute atomic E-state index is 0.0952. The smallest absolute Gasteiger partial charge is 0.157 e. The molecule has 1 saturated heterocycles. The first-order chi connectivity index (χ1) is 6.33. The van der Waals surface area contributed by atoms with Crippen molar-refractivity contribution < 1.29 is 9.47 Å². The van der Waals surface area contributed by atoms with E-state index < -0.39 is 0 Å². The van der Waals surface area contributed by atoms with Gasteiger partial charge in [-0.3, -0.25) is 0 Å². The highest BCUT2D eigenvalue weighted by Crippen LogP contribution is 2.15. The molecule has 0 bridgehead atoms. The topological polar surface area (TPSA) is 18.5 Å². The Morgan fingerprint density at radius 1 is 1.46 bits per heavy atom. The standard InChI is InChI=1S/C11H22O2/c1-3-10(2)7-9-13-11-6-4-5-8-12-11/h10-11H,3-9H2,1-2H3. The Morgan fingerprint density at radius 3 is 2.92 bits per heavy atom. The molecule has 1 heterocycles. The van der Waals surface area contributed by atoms with Crippen LogP contribution in [0.15, 0.2) is 0 Å². The monoisotopic (exact) mass is 186 g/mol. The number of ether oxygens (including phenoxy) is 2. The van der Waals surface area contributed by atoms with Crippen LogP contribution in [0.1, 0.15) is 46.0 Å². The molecule has 0 amide bonds. The maximum atomic E-state index is 5.63. The maximum absolute atomic E-state index is 5.63. The van der Waals surface area contributed by atoms with Crippen LogP contribution in [0.5, 0.6) is 0 Å². The highest BCUT2D eigenvalue weighted by molar-refractivity contribution is 4.55. The zero-order chi connectivity index (χ0) is 9.52. The molecule has 0 aromatic heterocycles. The SMILES string of the molecule is CCC(C)CCOC1CCCCO1. The summed E-state index contributed by atoms with van der Waals surface area (Å²) in [6.45, 7) is 6.24. The lowest BCUT2D eigenvalue weighted by molar-refractivity contribution is -0.163. The van der Waals surface area contributed by atoms with Gasteiger partial charge in [0.2, 0.25) is 0 Å². The first kappa shape index (κ1) is 11.0. The van der Waals surface area contributed by atoms with Crippen molar-refractivity contribution in [2.24, 2.45) is 5.92 Å². The maximum Gasteiger partial charge on any atom is 0.157 e. The number of hydrogen-bond donors (Lipinski definition) is 0. The quantitative estimate of drug-likeness (QED) is 0.657. The Labute approximate surface area is 81.6 Å². The van der Waals surface area contributed by atoms with Crippen LogP contribution in [0.3, 0.4) is 0 Å². The normalized spacial score (nSPS) is 25.8. The summed E-state index contributed by atoms with van der Waals surface area (Å²) in [7, 11) is 0. The van der Waals surface area contributed by atoms with Gasteiger partial charge in [-0.25, -0.2) is 0 Å². The van der Waals surface area contributed by atoms with E-state index in [1.807, 2.05) is 0 Å². The summed E-state index contributed by atoms with van der Waals surface area (Å²) >= 11 is 0. The molecule has 2 nitrogen and oxygen atoms in total. The van der Waals surface area contributed by atoms with Crippen LogP contribution in [0.25, 0.3) is 0 Å². The highest BCUT2D eigenvalue weighted by atomic mass is 16.7. The van der Waals surface area contributed by atoms with E-state index in [0.717, 1.165) is 32.0 Å². The van der Waals surface area contributed by atoms with Crippen molar-refractivity contribution in [2.75, 3.05) is 13.2 Å². The molecule has 0 N–H and O–H groups in total. The van der Waals surface area contributed by atoms with Crippen LogP contribution in [-0.4, -0.2) is 19.5 Å². The molecule has 1 aliphatic rings. The molecule has 1 rings (SSSR count). The molecule has 0 aliphatic carbocycles. The summed E-state index contributed by atoms with van der Waals surface area (Å²) in [6, 6.07) is 0. The lowest BCUT2D eigenvalue weighted by Crippen LogP contribution is -2.23.